The number of para-hydroxylation sites is 1. The second kappa shape index (κ2) is 15.6. The van der Waals surface area contributed by atoms with Gasteiger partial charge in [0.1, 0.15) is 5.69 Å². The van der Waals surface area contributed by atoms with Crippen LogP contribution in [0.4, 0.5) is 17.1 Å². The molecule has 1 atom stereocenters. The quantitative estimate of drug-likeness (QED) is 0.127. The molecule has 2 aromatic carbocycles. The molecule has 0 aliphatic carbocycles. The monoisotopic (exact) mass is 481 g/mol. The second-order valence-electron chi connectivity index (χ2n) is 4.80. The summed E-state index contributed by atoms with van der Waals surface area (Å²) in [5, 5.41) is 19.7. The molecule has 2 aromatic rings. The van der Waals surface area contributed by atoms with Crippen molar-refractivity contribution < 1.29 is 126 Å². The van der Waals surface area contributed by atoms with E-state index in [1.807, 2.05) is 6.07 Å². The van der Waals surface area contributed by atoms with Gasteiger partial charge in [-0.15, -0.1) is 5.11 Å². The molecule has 0 bridgehead atoms. The van der Waals surface area contributed by atoms with E-state index in [0.717, 1.165) is 0 Å². The first kappa shape index (κ1) is 32.9. The van der Waals surface area contributed by atoms with Crippen LogP contribution in [-0.4, -0.2) is 17.4 Å². The Morgan fingerprint density at radius 3 is 2.00 bits per heavy atom. The molecule has 0 aliphatic heterocycles. The predicted molar refractivity (Wildman–Crippen MR) is 88.6 cm³/mol. The van der Waals surface area contributed by atoms with Gasteiger partial charge in [0.05, 0.1) is 25.8 Å². The average Bonchev–Trinajstić information content (AvgIpc) is 2.58. The summed E-state index contributed by atoms with van der Waals surface area (Å²) in [5.41, 5.74) is 0.902. The summed E-state index contributed by atoms with van der Waals surface area (Å²) in [6.07, 6.45) is 0. The van der Waals surface area contributed by atoms with E-state index in [2.05, 4.69) is 24.1 Å². The maximum atomic E-state index is 11.8. The zero-order valence-corrected chi connectivity index (χ0v) is 24.2. The summed E-state index contributed by atoms with van der Waals surface area (Å²) >= 11 is 0. The molecule has 144 valence electrons. The fourth-order valence-corrected chi connectivity index (χ4v) is 3.18. The molecule has 0 heterocycles. The fourth-order valence-electron chi connectivity index (χ4n) is 1.70. The standard InChI is InChI=1S/C14H15N3O8P2.3Na/c18-14(10-24-27(22,23)25-26(19,20)21)15-12-8-4-5-9-13(12)17-16-11-6-2-1-3-7-11;;;/h1-9H,10H2,(H,15,18)(H,22,23)(H2,19,20,21);;;/q;3*+1/p-3. The predicted octanol–water partition coefficient (Wildman–Crippen LogP) is -7.53. The van der Waals surface area contributed by atoms with E-state index in [1.165, 1.54) is 12.1 Å². The minimum Gasteiger partial charge on any atom is -0.860 e. The summed E-state index contributed by atoms with van der Waals surface area (Å²) in [6, 6.07) is 14.9. The maximum Gasteiger partial charge on any atom is 1.00 e. The van der Waals surface area contributed by atoms with Gasteiger partial charge in [0.15, 0.2) is 0 Å². The molecule has 0 saturated heterocycles. The van der Waals surface area contributed by atoms with E-state index in [0.29, 0.717) is 5.69 Å². The Morgan fingerprint density at radius 2 is 1.43 bits per heavy atom. The van der Waals surface area contributed by atoms with Crippen LogP contribution in [0.15, 0.2) is 69.8 Å². The van der Waals surface area contributed by atoms with Gasteiger partial charge in [-0.1, -0.05) is 30.3 Å². The number of benzene rings is 2. The molecule has 16 heteroatoms. The van der Waals surface area contributed by atoms with E-state index in [-0.39, 0.29) is 100 Å². The minimum absolute atomic E-state index is 0. The summed E-state index contributed by atoms with van der Waals surface area (Å²) in [7, 11) is -11.0. The number of hydrogen-bond acceptors (Lipinski definition) is 10. The Hall–Kier alpha value is 0.770. The minimum atomic E-state index is -5.77. The first-order valence-corrected chi connectivity index (χ1v) is 10.1. The molecule has 1 unspecified atom stereocenters. The van der Waals surface area contributed by atoms with Crippen LogP contribution in [0, 0.1) is 0 Å². The first-order valence-electron chi connectivity index (χ1n) is 7.16. The van der Waals surface area contributed by atoms with E-state index < -0.39 is 28.2 Å². The number of phosphoric ester groups is 1. The average molecular weight is 481 g/mol. The zero-order chi connectivity index (χ0) is 19.9. The second-order valence-corrected chi connectivity index (χ2v) is 7.54. The molecule has 0 saturated carbocycles. The van der Waals surface area contributed by atoms with Gasteiger partial charge in [0.25, 0.3) is 0 Å². The van der Waals surface area contributed by atoms with Crippen molar-refractivity contribution in [3.63, 3.8) is 0 Å². The van der Waals surface area contributed by atoms with Gasteiger partial charge in [-0.3, -0.25) is 13.8 Å². The van der Waals surface area contributed by atoms with Crippen molar-refractivity contribution in [1.29, 1.82) is 0 Å². The van der Waals surface area contributed by atoms with Crippen LogP contribution in [0.3, 0.4) is 0 Å². The SMILES string of the molecule is O=P([O-])([O-])OP(=O)(O)OCC([O-])=Nc1ccccc1N=Nc1ccccc1.[Na+].[Na+].[Na+]. The van der Waals surface area contributed by atoms with Crippen molar-refractivity contribution in [2.24, 2.45) is 15.2 Å². The van der Waals surface area contributed by atoms with Gasteiger partial charge in [-0.05, 0) is 30.2 Å². The van der Waals surface area contributed by atoms with Crippen LogP contribution in [0.2, 0.25) is 0 Å². The Bertz CT molecular complexity index is 943. The van der Waals surface area contributed by atoms with Gasteiger partial charge >= 0.3 is 96.5 Å². The van der Waals surface area contributed by atoms with Gasteiger partial charge in [0, 0.05) is 0 Å². The van der Waals surface area contributed by atoms with Gasteiger partial charge in [-0.25, -0.2) is 4.57 Å². The fraction of sp³-hybridized carbons (Fsp3) is 0.0714. The topological polar surface area (TPSA) is 179 Å². The van der Waals surface area contributed by atoms with Crippen molar-refractivity contribution in [2.45, 2.75) is 0 Å². The Morgan fingerprint density at radius 1 is 0.900 bits per heavy atom. The smallest absolute Gasteiger partial charge is 0.860 e. The Labute approximate surface area is 238 Å². The molecule has 0 aliphatic rings. The zero-order valence-electron chi connectivity index (χ0n) is 16.4. The molecular weight excluding hydrogens is 469 g/mol. The third-order valence-electron chi connectivity index (χ3n) is 2.71. The third-order valence-corrected chi connectivity index (χ3v) is 4.79. The van der Waals surface area contributed by atoms with Gasteiger partial charge in [-0.2, -0.15) is 5.11 Å². The maximum absolute atomic E-state index is 11.8. The summed E-state index contributed by atoms with van der Waals surface area (Å²) in [4.78, 5) is 33.3. The molecule has 0 aromatic heterocycles. The van der Waals surface area contributed by atoms with E-state index in [1.54, 1.807) is 36.4 Å². The Balaban J connectivity index is 0. The third kappa shape index (κ3) is 13.3. The molecular formula is C14H12N3Na3O8P2. The summed E-state index contributed by atoms with van der Waals surface area (Å²) in [6.45, 7) is -1.10. The largest absolute Gasteiger partial charge is 1.00 e. The molecule has 0 fully saturated rings. The van der Waals surface area contributed by atoms with Crippen molar-refractivity contribution in [1.82, 2.24) is 0 Å². The van der Waals surface area contributed by atoms with Crippen molar-refractivity contribution in [3.05, 3.63) is 54.6 Å². The van der Waals surface area contributed by atoms with Crippen LogP contribution in [0.5, 0.6) is 0 Å². The van der Waals surface area contributed by atoms with E-state index in [9.17, 15) is 24.0 Å². The van der Waals surface area contributed by atoms with E-state index >= 15 is 0 Å². The van der Waals surface area contributed by atoms with E-state index in [4.69, 9.17) is 4.89 Å². The van der Waals surface area contributed by atoms with Crippen molar-refractivity contribution >= 4 is 38.6 Å². The first-order chi connectivity index (χ1) is 12.6. The normalized spacial score (nSPS) is 13.5. The van der Waals surface area contributed by atoms with Crippen LogP contribution < -0.4 is 104 Å². The molecule has 0 amide bonds. The summed E-state index contributed by atoms with van der Waals surface area (Å²) in [5.74, 6) is -1.04. The number of azo groups is 1. The molecule has 2 rings (SSSR count). The van der Waals surface area contributed by atoms with Crippen LogP contribution in [0.25, 0.3) is 0 Å². The number of hydrogen-bond donors (Lipinski definition) is 1. The van der Waals surface area contributed by atoms with Gasteiger partial charge < -0.3 is 24.4 Å². The molecule has 1 N–H and O–H groups in total. The number of nitrogens with zero attached hydrogens (tertiary/aromatic N) is 3. The van der Waals surface area contributed by atoms with Crippen LogP contribution >= 0.6 is 15.6 Å². The molecule has 30 heavy (non-hydrogen) atoms. The van der Waals surface area contributed by atoms with Gasteiger partial charge in [0.2, 0.25) is 0 Å². The van der Waals surface area contributed by atoms with Crippen LogP contribution in [-0.2, 0) is 18.0 Å². The summed E-state index contributed by atoms with van der Waals surface area (Å²) < 4.78 is 29.0. The number of rotatable bonds is 8. The number of aliphatic imine (C=N–C) groups is 1. The Kier molecular flexibility index (Phi) is 17.1. The molecule has 0 radical (unpaired) electrons. The van der Waals surface area contributed by atoms with Crippen LogP contribution in [0.1, 0.15) is 0 Å². The number of phosphoric acid groups is 2. The molecule has 0 spiro atoms. The van der Waals surface area contributed by atoms with Crippen molar-refractivity contribution in [3.8, 4) is 0 Å². The molecule has 11 nitrogen and oxygen atoms in total. The van der Waals surface area contributed by atoms with Crippen molar-refractivity contribution in [2.75, 3.05) is 6.61 Å².